The fraction of sp³-hybridized carbons (Fsp3) is 0.545. The van der Waals surface area contributed by atoms with Gasteiger partial charge in [0.15, 0.2) is 0 Å². The van der Waals surface area contributed by atoms with E-state index in [1.54, 1.807) is 13.8 Å². The van der Waals surface area contributed by atoms with Crippen molar-refractivity contribution in [2.75, 3.05) is 13.2 Å². The summed E-state index contributed by atoms with van der Waals surface area (Å²) in [5.74, 6) is -2.70. The number of carbonyl (C=O) groups is 4. The molecule has 0 bridgehead atoms. The van der Waals surface area contributed by atoms with E-state index in [1.807, 2.05) is 30.3 Å². The first-order valence-electron chi connectivity index (χ1n) is 10.5. The highest BCUT2D eigenvalue weighted by atomic mass is 16.5. The minimum atomic E-state index is -1.19. The Morgan fingerprint density at radius 1 is 1.03 bits per heavy atom. The molecular weight excluding hydrogens is 404 g/mol. The Labute approximate surface area is 182 Å². The first kappa shape index (κ1) is 25.9. The molecule has 9 nitrogen and oxygen atoms in total. The summed E-state index contributed by atoms with van der Waals surface area (Å²) in [7, 11) is 0. The van der Waals surface area contributed by atoms with Gasteiger partial charge in [-0.15, -0.1) is 0 Å². The molecule has 3 N–H and O–H groups in total. The van der Waals surface area contributed by atoms with Crippen molar-refractivity contribution in [2.24, 2.45) is 5.92 Å². The number of esters is 1. The van der Waals surface area contributed by atoms with Gasteiger partial charge in [-0.25, -0.2) is 9.59 Å². The molecule has 0 unspecified atom stereocenters. The Morgan fingerprint density at radius 3 is 2.39 bits per heavy atom. The number of hydrogen-bond acceptors (Lipinski definition) is 6. The zero-order valence-corrected chi connectivity index (χ0v) is 18.1. The number of aliphatic carboxylic acids is 1. The van der Waals surface area contributed by atoms with Gasteiger partial charge >= 0.3 is 18.0 Å². The van der Waals surface area contributed by atoms with Crippen LogP contribution in [0.15, 0.2) is 30.3 Å². The molecule has 31 heavy (non-hydrogen) atoms. The molecule has 0 radical (unpaired) electrons. The lowest BCUT2D eigenvalue weighted by Crippen LogP contribution is -2.42. The van der Waals surface area contributed by atoms with Crippen LogP contribution in [-0.2, 0) is 30.5 Å². The summed E-state index contributed by atoms with van der Waals surface area (Å²) in [5, 5.41) is 14.4. The van der Waals surface area contributed by atoms with E-state index >= 15 is 0 Å². The van der Waals surface area contributed by atoms with Crippen molar-refractivity contribution in [3.05, 3.63) is 35.9 Å². The molecule has 0 spiro atoms. The van der Waals surface area contributed by atoms with E-state index in [9.17, 15) is 24.3 Å². The van der Waals surface area contributed by atoms with Gasteiger partial charge in [-0.2, -0.15) is 0 Å². The van der Waals surface area contributed by atoms with Crippen molar-refractivity contribution < 1.29 is 33.8 Å². The average molecular weight is 437 g/mol. The summed E-state index contributed by atoms with van der Waals surface area (Å²) in [6.07, 6.45) is 1.53. The Kier molecular flexibility index (Phi) is 12.4. The molecule has 1 aromatic rings. The zero-order valence-electron chi connectivity index (χ0n) is 18.1. The number of benzene rings is 1. The van der Waals surface area contributed by atoms with Gasteiger partial charge in [0, 0.05) is 13.0 Å². The molecule has 9 heteroatoms. The lowest BCUT2D eigenvalue weighted by molar-refractivity contribution is -0.149. The number of carboxylic acid groups (broad SMARTS) is 1. The number of ether oxygens (including phenoxy) is 2. The van der Waals surface area contributed by atoms with Gasteiger partial charge in [-0.1, -0.05) is 43.7 Å². The summed E-state index contributed by atoms with van der Waals surface area (Å²) in [6, 6.07) is 8.21. The number of nitrogens with one attached hydrogen (secondary N) is 2. The molecule has 0 fully saturated rings. The van der Waals surface area contributed by atoms with Crippen molar-refractivity contribution in [3.8, 4) is 0 Å². The number of alkyl carbamates (subject to hydrolysis) is 1. The molecule has 0 aliphatic carbocycles. The fourth-order valence-corrected chi connectivity index (χ4v) is 2.77. The molecular formula is C22H32N2O7. The van der Waals surface area contributed by atoms with Crippen molar-refractivity contribution in [1.29, 1.82) is 0 Å². The second-order valence-electron chi connectivity index (χ2n) is 7.15. The lowest BCUT2D eigenvalue weighted by Gasteiger charge is -2.18. The molecule has 0 aliphatic rings. The fourth-order valence-electron chi connectivity index (χ4n) is 2.77. The smallest absolute Gasteiger partial charge is 0.407 e. The molecule has 0 heterocycles. The van der Waals surface area contributed by atoms with E-state index in [-0.39, 0.29) is 26.1 Å². The van der Waals surface area contributed by atoms with Crippen LogP contribution in [-0.4, -0.2) is 48.2 Å². The largest absolute Gasteiger partial charge is 0.480 e. The quantitative estimate of drug-likeness (QED) is 0.302. The molecule has 0 aromatic heterocycles. The molecule has 0 aliphatic heterocycles. The monoisotopic (exact) mass is 436 g/mol. The summed E-state index contributed by atoms with van der Waals surface area (Å²) in [6.45, 7) is 4.07. The van der Waals surface area contributed by atoms with Crippen LogP contribution >= 0.6 is 0 Å². The minimum Gasteiger partial charge on any atom is -0.480 e. The van der Waals surface area contributed by atoms with Crippen molar-refractivity contribution >= 4 is 23.9 Å². The maximum Gasteiger partial charge on any atom is 0.407 e. The van der Waals surface area contributed by atoms with E-state index in [1.165, 1.54) is 0 Å². The number of amides is 2. The highest BCUT2D eigenvalue weighted by molar-refractivity contribution is 5.84. The highest BCUT2D eigenvalue weighted by Gasteiger charge is 2.26. The van der Waals surface area contributed by atoms with Crippen molar-refractivity contribution in [3.63, 3.8) is 0 Å². The third-order valence-corrected chi connectivity index (χ3v) is 4.47. The second kappa shape index (κ2) is 14.8. The normalized spacial score (nSPS) is 12.3. The third-order valence-electron chi connectivity index (χ3n) is 4.47. The Hall–Kier alpha value is -3.10. The summed E-state index contributed by atoms with van der Waals surface area (Å²) >= 11 is 0. The number of carboxylic acids is 1. The van der Waals surface area contributed by atoms with Gasteiger partial charge in [0.1, 0.15) is 12.6 Å². The topological polar surface area (TPSA) is 131 Å². The van der Waals surface area contributed by atoms with Crippen LogP contribution in [0.1, 0.15) is 51.5 Å². The maximum absolute atomic E-state index is 12.0. The predicted octanol–water partition coefficient (Wildman–Crippen LogP) is 2.63. The second-order valence-corrected chi connectivity index (χ2v) is 7.15. The van der Waals surface area contributed by atoms with Crippen molar-refractivity contribution in [2.45, 2.75) is 58.6 Å². The van der Waals surface area contributed by atoms with Crippen LogP contribution in [0.2, 0.25) is 0 Å². The summed E-state index contributed by atoms with van der Waals surface area (Å²) in [5.41, 5.74) is 0.903. The van der Waals surface area contributed by atoms with E-state index in [2.05, 4.69) is 10.6 Å². The molecule has 2 amide bonds. The molecule has 172 valence electrons. The van der Waals surface area contributed by atoms with Crippen LogP contribution in [0.5, 0.6) is 0 Å². The first-order chi connectivity index (χ1) is 14.8. The number of rotatable bonds is 14. The van der Waals surface area contributed by atoms with Crippen LogP contribution in [0.25, 0.3) is 0 Å². The van der Waals surface area contributed by atoms with Gasteiger partial charge in [-0.05, 0) is 31.7 Å². The molecule has 1 aromatic carbocycles. The summed E-state index contributed by atoms with van der Waals surface area (Å²) in [4.78, 5) is 46.7. The van der Waals surface area contributed by atoms with Crippen LogP contribution < -0.4 is 10.6 Å². The van der Waals surface area contributed by atoms with E-state index < -0.39 is 35.9 Å². The van der Waals surface area contributed by atoms with Gasteiger partial charge in [0.05, 0.1) is 12.5 Å². The van der Waals surface area contributed by atoms with E-state index in [4.69, 9.17) is 9.47 Å². The summed E-state index contributed by atoms with van der Waals surface area (Å²) < 4.78 is 9.96. The van der Waals surface area contributed by atoms with Gasteiger partial charge in [0.2, 0.25) is 5.91 Å². The van der Waals surface area contributed by atoms with E-state index in [0.717, 1.165) is 5.56 Å². The molecule has 0 saturated carbocycles. The van der Waals surface area contributed by atoms with Gasteiger partial charge in [-0.3, -0.25) is 9.59 Å². The van der Waals surface area contributed by atoms with Crippen molar-refractivity contribution in [1.82, 2.24) is 10.6 Å². The Balaban J connectivity index is 2.17. The zero-order chi connectivity index (χ0) is 23.1. The average Bonchev–Trinajstić information content (AvgIpc) is 2.74. The number of unbranched alkanes of at least 4 members (excludes halogenated alkanes) is 2. The number of carbonyl (C=O) groups excluding carboxylic acids is 3. The molecule has 1 rings (SSSR count). The minimum absolute atomic E-state index is 0.0328. The predicted molar refractivity (Wildman–Crippen MR) is 113 cm³/mol. The van der Waals surface area contributed by atoms with Gasteiger partial charge < -0.3 is 25.2 Å². The third kappa shape index (κ3) is 11.6. The number of hydrogen-bond donors (Lipinski definition) is 3. The SMILES string of the molecule is CCOC(=O)[C@H](C)C[C@H](NC(=O)CCCCCNC(=O)OCc1ccccc1)C(=O)O. The lowest BCUT2D eigenvalue weighted by atomic mass is 10.0. The van der Waals surface area contributed by atoms with Crippen LogP contribution in [0.4, 0.5) is 4.79 Å². The highest BCUT2D eigenvalue weighted by Crippen LogP contribution is 2.10. The van der Waals surface area contributed by atoms with Gasteiger partial charge in [0.25, 0.3) is 0 Å². The van der Waals surface area contributed by atoms with Crippen LogP contribution in [0, 0.1) is 5.92 Å². The molecule has 2 atom stereocenters. The van der Waals surface area contributed by atoms with Crippen LogP contribution in [0.3, 0.4) is 0 Å². The standard InChI is InChI=1S/C22H32N2O7/c1-3-30-21(28)16(2)14-18(20(26)27)24-19(25)12-8-5-9-13-23-22(29)31-15-17-10-6-4-7-11-17/h4,6-7,10-11,16,18H,3,5,8-9,12-15H2,1-2H3,(H,23,29)(H,24,25)(H,26,27)/t16-,18+/m1/s1. The Morgan fingerprint density at radius 2 is 1.74 bits per heavy atom. The van der Waals surface area contributed by atoms with E-state index in [0.29, 0.717) is 25.8 Å². The first-order valence-corrected chi connectivity index (χ1v) is 10.5. The maximum atomic E-state index is 12.0. The Bertz CT molecular complexity index is 709. The molecule has 0 saturated heterocycles.